The summed E-state index contributed by atoms with van der Waals surface area (Å²) in [4.78, 5) is 24.2. The standard InChI is InChI=1S/C19H18FN5O2S/c1-4-7-27-17-10-22-16(9-23-17)18(26)24-13-5-6-14(20)15(8-13)25-19(21)28-11-12(2)3/h1,5-6,8-11H,7H2,2-3H3,(H2,21,25)(H,24,26). The van der Waals surface area contributed by atoms with Crippen LogP contribution in [0.3, 0.4) is 0 Å². The number of nitrogens with two attached hydrogens (primary N) is 1. The summed E-state index contributed by atoms with van der Waals surface area (Å²) in [5.74, 6) is 1.42. The number of carbonyl (C=O) groups excluding carboxylic acids is 1. The zero-order valence-corrected chi connectivity index (χ0v) is 16.1. The third-order valence-electron chi connectivity index (χ3n) is 3.01. The van der Waals surface area contributed by atoms with Crippen LogP contribution in [0.15, 0.2) is 46.6 Å². The Morgan fingerprint density at radius 2 is 2.21 bits per heavy atom. The minimum Gasteiger partial charge on any atom is -0.463 e. The van der Waals surface area contributed by atoms with E-state index in [-0.39, 0.29) is 29.0 Å². The van der Waals surface area contributed by atoms with Crippen LogP contribution in [0.25, 0.3) is 0 Å². The molecule has 0 atom stereocenters. The maximum atomic E-state index is 14.0. The van der Waals surface area contributed by atoms with Crippen molar-refractivity contribution in [2.24, 2.45) is 10.7 Å². The largest absolute Gasteiger partial charge is 0.463 e. The molecule has 1 aromatic heterocycles. The van der Waals surface area contributed by atoms with Crippen LogP contribution in [0, 0.1) is 18.2 Å². The highest BCUT2D eigenvalue weighted by molar-refractivity contribution is 8.16. The van der Waals surface area contributed by atoms with Crippen molar-refractivity contribution in [3.8, 4) is 18.2 Å². The van der Waals surface area contributed by atoms with Crippen molar-refractivity contribution in [1.82, 2.24) is 9.97 Å². The number of amidine groups is 1. The number of halogens is 1. The molecular weight excluding hydrogens is 381 g/mol. The number of aliphatic imine (C=N–C) groups is 1. The molecule has 0 saturated carbocycles. The second-order valence-corrected chi connectivity index (χ2v) is 6.51. The first-order chi connectivity index (χ1) is 13.4. The Kier molecular flexibility index (Phi) is 7.54. The smallest absolute Gasteiger partial charge is 0.275 e. The zero-order valence-electron chi connectivity index (χ0n) is 15.3. The molecule has 1 heterocycles. The molecule has 0 unspecified atom stereocenters. The molecule has 0 aliphatic carbocycles. The first-order valence-corrected chi connectivity index (χ1v) is 8.90. The molecule has 0 aliphatic heterocycles. The average Bonchev–Trinajstić information content (AvgIpc) is 2.67. The van der Waals surface area contributed by atoms with E-state index in [0.29, 0.717) is 5.69 Å². The zero-order chi connectivity index (χ0) is 20.5. The summed E-state index contributed by atoms with van der Waals surface area (Å²) >= 11 is 1.18. The molecular formula is C19H18FN5O2S. The summed E-state index contributed by atoms with van der Waals surface area (Å²) in [5, 5.41) is 4.58. The van der Waals surface area contributed by atoms with E-state index >= 15 is 0 Å². The molecule has 0 aliphatic rings. The molecule has 28 heavy (non-hydrogen) atoms. The predicted molar refractivity (Wildman–Crippen MR) is 109 cm³/mol. The van der Waals surface area contributed by atoms with Gasteiger partial charge in [0.25, 0.3) is 5.91 Å². The Hall–Kier alpha value is -3.38. The topological polar surface area (TPSA) is 102 Å². The number of hydrogen-bond acceptors (Lipinski definition) is 6. The van der Waals surface area contributed by atoms with E-state index in [0.717, 1.165) is 5.57 Å². The molecule has 7 nitrogen and oxygen atoms in total. The maximum absolute atomic E-state index is 14.0. The van der Waals surface area contributed by atoms with Gasteiger partial charge in [-0.25, -0.2) is 19.4 Å². The fraction of sp³-hybridized carbons (Fsp3) is 0.158. The highest BCUT2D eigenvalue weighted by atomic mass is 32.2. The minimum absolute atomic E-state index is 0.00840. The van der Waals surface area contributed by atoms with Crippen molar-refractivity contribution in [2.45, 2.75) is 13.8 Å². The van der Waals surface area contributed by atoms with Gasteiger partial charge in [0.15, 0.2) is 11.8 Å². The summed E-state index contributed by atoms with van der Waals surface area (Å²) < 4.78 is 19.1. The van der Waals surface area contributed by atoms with E-state index in [4.69, 9.17) is 16.9 Å². The van der Waals surface area contributed by atoms with Crippen molar-refractivity contribution < 1.29 is 13.9 Å². The SMILES string of the molecule is C#CCOc1cnc(C(=O)Nc2ccc(F)c(N=C(N)SC=C(C)C)c2)cn1. The van der Waals surface area contributed by atoms with Gasteiger partial charge in [0.1, 0.15) is 17.2 Å². The van der Waals surface area contributed by atoms with Gasteiger partial charge in [-0.3, -0.25) is 4.79 Å². The molecule has 0 fully saturated rings. The van der Waals surface area contributed by atoms with E-state index in [1.165, 1.54) is 42.4 Å². The molecule has 1 aromatic carbocycles. The number of nitrogens with one attached hydrogen (secondary N) is 1. The molecule has 144 valence electrons. The maximum Gasteiger partial charge on any atom is 0.275 e. The second-order valence-electron chi connectivity index (χ2n) is 5.62. The summed E-state index contributed by atoms with van der Waals surface area (Å²) in [5.41, 5.74) is 7.23. The molecule has 2 rings (SSSR count). The normalized spacial score (nSPS) is 10.7. The van der Waals surface area contributed by atoms with Crippen molar-refractivity contribution in [3.63, 3.8) is 0 Å². The van der Waals surface area contributed by atoms with Gasteiger partial charge in [-0.2, -0.15) is 0 Å². The summed E-state index contributed by atoms with van der Waals surface area (Å²) in [6, 6.07) is 3.97. The number of carbonyl (C=O) groups is 1. The molecule has 0 radical (unpaired) electrons. The van der Waals surface area contributed by atoms with Crippen LogP contribution in [0.1, 0.15) is 24.3 Å². The van der Waals surface area contributed by atoms with Crippen LogP contribution in [0.4, 0.5) is 15.8 Å². The first kappa shape index (κ1) is 20.9. The van der Waals surface area contributed by atoms with E-state index in [1.54, 1.807) is 5.41 Å². The number of hydrogen-bond donors (Lipinski definition) is 2. The number of thioether (sulfide) groups is 1. The third kappa shape index (κ3) is 6.41. The summed E-state index contributed by atoms with van der Waals surface area (Å²) in [6.07, 6.45) is 7.62. The van der Waals surface area contributed by atoms with Gasteiger partial charge < -0.3 is 15.8 Å². The molecule has 0 spiro atoms. The number of allylic oxidation sites excluding steroid dienone is 1. The van der Waals surface area contributed by atoms with Crippen LogP contribution < -0.4 is 15.8 Å². The molecule has 1 amide bonds. The Balaban J connectivity index is 2.11. The Morgan fingerprint density at radius 1 is 1.43 bits per heavy atom. The lowest BCUT2D eigenvalue weighted by atomic mass is 10.2. The number of anilines is 1. The van der Waals surface area contributed by atoms with Gasteiger partial charge in [-0.15, -0.1) is 6.42 Å². The van der Waals surface area contributed by atoms with Crippen molar-refractivity contribution >= 4 is 34.2 Å². The van der Waals surface area contributed by atoms with Gasteiger partial charge in [0, 0.05) is 5.69 Å². The molecule has 3 N–H and O–H groups in total. The van der Waals surface area contributed by atoms with Gasteiger partial charge in [0.2, 0.25) is 5.88 Å². The highest BCUT2D eigenvalue weighted by Crippen LogP contribution is 2.24. The number of benzene rings is 1. The number of nitrogens with zero attached hydrogens (tertiary/aromatic N) is 3. The molecule has 0 bridgehead atoms. The number of amides is 1. The van der Waals surface area contributed by atoms with E-state index in [2.05, 4.69) is 26.2 Å². The van der Waals surface area contributed by atoms with Gasteiger partial charge in [-0.05, 0) is 37.5 Å². The first-order valence-electron chi connectivity index (χ1n) is 8.02. The van der Waals surface area contributed by atoms with Crippen LogP contribution in [-0.4, -0.2) is 27.6 Å². The lowest BCUT2D eigenvalue weighted by molar-refractivity contribution is 0.102. The van der Waals surface area contributed by atoms with Crippen molar-refractivity contribution in [2.75, 3.05) is 11.9 Å². The fourth-order valence-corrected chi connectivity index (χ4v) is 2.33. The molecule has 2 aromatic rings. The van der Waals surface area contributed by atoms with Crippen molar-refractivity contribution in [1.29, 1.82) is 0 Å². The average molecular weight is 399 g/mol. The Labute approximate surface area is 166 Å². The number of ether oxygens (including phenoxy) is 1. The van der Waals surface area contributed by atoms with Crippen molar-refractivity contribution in [3.05, 3.63) is 53.1 Å². The fourth-order valence-electron chi connectivity index (χ4n) is 1.82. The lowest BCUT2D eigenvalue weighted by Gasteiger charge is -2.07. The van der Waals surface area contributed by atoms with Crippen LogP contribution >= 0.6 is 11.8 Å². The summed E-state index contributed by atoms with van der Waals surface area (Å²) in [6.45, 7) is 3.87. The predicted octanol–water partition coefficient (Wildman–Crippen LogP) is 3.48. The Bertz CT molecular complexity index is 948. The van der Waals surface area contributed by atoms with Gasteiger partial charge in [-0.1, -0.05) is 23.3 Å². The third-order valence-corrected chi connectivity index (χ3v) is 3.94. The van der Waals surface area contributed by atoms with Gasteiger partial charge in [0.05, 0.1) is 12.4 Å². The highest BCUT2D eigenvalue weighted by Gasteiger charge is 2.11. The second kappa shape index (κ2) is 10.1. The molecule has 9 heteroatoms. The summed E-state index contributed by atoms with van der Waals surface area (Å²) in [7, 11) is 0. The molecule has 0 saturated heterocycles. The van der Waals surface area contributed by atoms with Crippen LogP contribution in [0.2, 0.25) is 0 Å². The Morgan fingerprint density at radius 3 is 2.86 bits per heavy atom. The minimum atomic E-state index is -0.562. The van der Waals surface area contributed by atoms with E-state index in [1.807, 2.05) is 13.8 Å². The van der Waals surface area contributed by atoms with Crippen LogP contribution in [0.5, 0.6) is 5.88 Å². The van der Waals surface area contributed by atoms with E-state index < -0.39 is 11.7 Å². The quantitative estimate of drug-likeness (QED) is 0.438. The van der Waals surface area contributed by atoms with Gasteiger partial charge >= 0.3 is 0 Å². The number of aromatic nitrogens is 2. The number of rotatable bonds is 6. The number of terminal acetylenes is 1. The van der Waals surface area contributed by atoms with Crippen LogP contribution in [-0.2, 0) is 0 Å². The van der Waals surface area contributed by atoms with E-state index in [9.17, 15) is 9.18 Å². The lowest BCUT2D eigenvalue weighted by Crippen LogP contribution is -2.14. The monoisotopic (exact) mass is 399 g/mol.